The lowest BCUT2D eigenvalue weighted by Gasteiger charge is -2.06. The van der Waals surface area contributed by atoms with Crippen LogP contribution in [-0.2, 0) is 4.79 Å². The number of carbonyl (C=O) groups is 3. The molecule has 6 heteroatoms. The number of primary amides is 1. The van der Waals surface area contributed by atoms with E-state index in [1.807, 2.05) is 0 Å². The van der Waals surface area contributed by atoms with E-state index in [0.717, 1.165) is 0 Å². The number of amides is 2. The number of rotatable bonds is 6. The maximum Gasteiger partial charge on any atom is 0.248 e. The van der Waals surface area contributed by atoms with Crippen molar-refractivity contribution in [2.45, 2.75) is 12.8 Å². The number of Topliss-reactive ketones (excluding diaryl/α,β-unsaturated/α-hetero) is 1. The van der Waals surface area contributed by atoms with E-state index in [1.165, 1.54) is 12.1 Å². The molecule has 0 atom stereocenters. The van der Waals surface area contributed by atoms with Crippen LogP contribution in [0.2, 0.25) is 5.02 Å². The van der Waals surface area contributed by atoms with E-state index >= 15 is 0 Å². The fraction of sp³-hybridized carbons (Fsp3) is 0.118. The average Bonchev–Trinajstić information content (AvgIpc) is 2.54. The van der Waals surface area contributed by atoms with Crippen molar-refractivity contribution in [1.82, 2.24) is 0 Å². The summed E-state index contributed by atoms with van der Waals surface area (Å²) < 4.78 is 0. The van der Waals surface area contributed by atoms with E-state index in [-0.39, 0.29) is 24.5 Å². The van der Waals surface area contributed by atoms with E-state index in [2.05, 4.69) is 5.32 Å². The molecule has 23 heavy (non-hydrogen) atoms. The van der Waals surface area contributed by atoms with Gasteiger partial charge in [-0.2, -0.15) is 0 Å². The number of halogens is 1. The van der Waals surface area contributed by atoms with E-state index < -0.39 is 5.91 Å². The molecule has 0 saturated carbocycles. The Kier molecular flexibility index (Phi) is 5.49. The number of nitrogens with one attached hydrogen (secondary N) is 1. The molecule has 0 saturated heterocycles. The predicted octanol–water partition coefficient (Wildman–Crippen LogP) is 3.04. The maximum absolute atomic E-state index is 12.0. The zero-order chi connectivity index (χ0) is 16.8. The van der Waals surface area contributed by atoms with Crippen molar-refractivity contribution in [3.8, 4) is 0 Å². The molecule has 0 heterocycles. The fourth-order valence-corrected chi connectivity index (χ4v) is 2.07. The van der Waals surface area contributed by atoms with E-state index in [4.69, 9.17) is 17.3 Å². The van der Waals surface area contributed by atoms with Gasteiger partial charge in [0.2, 0.25) is 11.8 Å². The molecule has 2 rings (SSSR count). The molecule has 3 N–H and O–H groups in total. The summed E-state index contributed by atoms with van der Waals surface area (Å²) in [5, 5.41) is 3.21. The number of anilines is 1. The Hall–Kier alpha value is -2.66. The Morgan fingerprint density at radius 3 is 2.00 bits per heavy atom. The van der Waals surface area contributed by atoms with Crippen molar-refractivity contribution in [1.29, 1.82) is 0 Å². The number of benzene rings is 2. The van der Waals surface area contributed by atoms with Crippen molar-refractivity contribution in [3.63, 3.8) is 0 Å². The molecule has 0 bridgehead atoms. The minimum absolute atomic E-state index is 0.0685. The molecule has 2 aromatic carbocycles. The van der Waals surface area contributed by atoms with Crippen LogP contribution in [0.5, 0.6) is 0 Å². The van der Waals surface area contributed by atoms with Gasteiger partial charge in [0.1, 0.15) is 0 Å². The minimum Gasteiger partial charge on any atom is -0.366 e. The van der Waals surface area contributed by atoms with Crippen LogP contribution in [0.1, 0.15) is 33.6 Å². The molecule has 118 valence electrons. The normalized spacial score (nSPS) is 10.1. The number of hydrogen-bond donors (Lipinski definition) is 2. The lowest BCUT2D eigenvalue weighted by atomic mass is 10.1. The number of nitrogens with two attached hydrogens (primary N) is 1. The van der Waals surface area contributed by atoms with Gasteiger partial charge < -0.3 is 11.1 Å². The minimum atomic E-state index is -0.531. The highest BCUT2D eigenvalue weighted by Crippen LogP contribution is 2.13. The quantitative estimate of drug-likeness (QED) is 0.798. The molecule has 5 nitrogen and oxygen atoms in total. The molecule has 0 fully saturated rings. The first-order valence-electron chi connectivity index (χ1n) is 6.94. The third-order valence-corrected chi connectivity index (χ3v) is 3.45. The Balaban J connectivity index is 1.86. The second kappa shape index (κ2) is 7.56. The van der Waals surface area contributed by atoms with Crippen molar-refractivity contribution < 1.29 is 14.4 Å². The molecule has 0 spiro atoms. The summed E-state index contributed by atoms with van der Waals surface area (Å²) in [6, 6.07) is 12.7. The number of hydrogen-bond acceptors (Lipinski definition) is 3. The Morgan fingerprint density at radius 2 is 1.43 bits per heavy atom. The van der Waals surface area contributed by atoms with Crippen LogP contribution in [0.25, 0.3) is 0 Å². The second-order valence-electron chi connectivity index (χ2n) is 4.92. The molecular formula is C17H15ClN2O3. The van der Waals surface area contributed by atoms with E-state index in [9.17, 15) is 14.4 Å². The zero-order valence-corrected chi connectivity index (χ0v) is 13.0. The SMILES string of the molecule is NC(=O)c1ccc(NC(=O)CCC(=O)c2ccc(Cl)cc2)cc1. The lowest BCUT2D eigenvalue weighted by Crippen LogP contribution is -2.14. The van der Waals surface area contributed by atoms with Gasteiger partial charge in [0, 0.05) is 34.7 Å². The summed E-state index contributed by atoms with van der Waals surface area (Å²) in [4.78, 5) is 34.8. The van der Waals surface area contributed by atoms with Gasteiger partial charge >= 0.3 is 0 Å². The molecule has 0 aliphatic carbocycles. The molecule has 2 amide bonds. The molecule has 0 aromatic heterocycles. The first kappa shape index (κ1) is 16.7. The summed E-state index contributed by atoms with van der Waals surface area (Å²) >= 11 is 5.76. The Morgan fingerprint density at radius 1 is 0.870 bits per heavy atom. The van der Waals surface area contributed by atoms with Crippen LogP contribution in [0.15, 0.2) is 48.5 Å². The molecular weight excluding hydrogens is 316 g/mol. The van der Waals surface area contributed by atoms with Gasteiger partial charge in [-0.15, -0.1) is 0 Å². The molecule has 0 aliphatic heterocycles. The zero-order valence-electron chi connectivity index (χ0n) is 12.2. The summed E-state index contributed by atoms with van der Waals surface area (Å²) in [7, 11) is 0. The highest BCUT2D eigenvalue weighted by molar-refractivity contribution is 6.30. The van der Waals surface area contributed by atoms with Crippen LogP contribution >= 0.6 is 11.6 Å². The second-order valence-corrected chi connectivity index (χ2v) is 5.36. The first-order chi connectivity index (χ1) is 11.0. The van der Waals surface area contributed by atoms with Crippen molar-refractivity contribution in [3.05, 3.63) is 64.7 Å². The molecule has 0 radical (unpaired) electrons. The van der Waals surface area contributed by atoms with Gasteiger partial charge in [-0.05, 0) is 48.5 Å². The number of carbonyl (C=O) groups excluding carboxylic acids is 3. The Labute approximate surface area is 138 Å². The largest absolute Gasteiger partial charge is 0.366 e. The van der Waals surface area contributed by atoms with Gasteiger partial charge in [0.25, 0.3) is 0 Å². The predicted molar refractivity (Wildman–Crippen MR) is 88.6 cm³/mol. The molecule has 0 unspecified atom stereocenters. The van der Waals surface area contributed by atoms with Crippen LogP contribution < -0.4 is 11.1 Å². The van der Waals surface area contributed by atoms with Crippen molar-refractivity contribution in [2.24, 2.45) is 5.73 Å². The average molecular weight is 331 g/mol. The molecule has 0 aliphatic rings. The van der Waals surface area contributed by atoms with Crippen molar-refractivity contribution >= 4 is 34.9 Å². The number of ketones is 1. The van der Waals surface area contributed by atoms with Gasteiger partial charge in [-0.25, -0.2) is 0 Å². The Bertz CT molecular complexity index is 725. The lowest BCUT2D eigenvalue weighted by molar-refractivity contribution is -0.116. The maximum atomic E-state index is 12.0. The van der Waals surface area contributed by atoms with E-state index in [1.54, 1.807) is 36.4 Å². The molecule has 2 aromatic rings. The smallest absolute Gasteiger partial charge is 0.248 e. The van der Waals surface area contributed by atoms with Crippen LogP contribution in [0, 0.1) is 0 Å². The van der Waals surface area contributed by atoms with Gasteiger partial charge in [-0.1, -0.05) is 11.6 Å². The fourth-order valence-electron chi connectivity index (χ4n) is 1.95. The van der Waals surface area contributed by atoms with E-state index in [0.29, 0.717) is 21.8 Å². The summed E-state index contributed by atoms with van der Waals surface area (Å²) in [6.07, 6.45) is 0.172. The van der Waals surface area contributed by atoms with Gasteiger partial charge in [0.15, 0.2) is 5.78 Å². The monoisotopic (exact) mass is 330 g/mol. The van der Waals surface area contributed by atoms with Crippen molar-refractivity contribution in [2.75, 3.05) is 5.32 Å². The highest BCUT2D eigenvalue weighted by atomic mass is 35.5. The summed E-state index contributed by atoms with van der Waals surface area (Å²) in [5.74, 6) is -0.934. The topological polar surface area (TPSA) is 89.3 Å². The summed E-state index contributed by atoms with van der Waals surface area (Å²) in [6.45, 7) is 0. The third-order valence-electron chi connectivity index (χ3n) is 3.20. The van der Waals surface area contributed by atoms with Crippen LogP contribution in [0.3, 0.4) is 0 Å². The summed E-state index contributed by atoms with van der Waals surface area (Å²) in [5.41, 5.74) is 6.56. The standard InChI is InChI=1S/C17H15ClN2O3/c18-13-5-1-11(2-6-13)15(21)9-10-16(22)20-14-7-3-12(4-8-14)17(19)23/h1-8H,9-10H2,(H2,19,23)(H,20,22). The van der Waals surface area contributed by atoms with Crippen LogP contribution in [-0.4, -0.2) is 17.6 Å². The van der Waals surface area contributed by atoms with Gasteiger partial charge in [0.05, 0.1) is 0 Å². The first-order valence-corrected chi connectivity index (χ1v) is 7.32. The van der Waals surface area contributed by atoms with Crippen LogP contribution in [0.4, 0.5) is 5.69 Å². The third kappa shape index (κ3) is 4.93. The van der Waals surface area contributed by atoms with Gasteiger partial charge in [-0.3, -0.25) is 14.4 Å². The highest BCUT2D eigenvalue weighted by Gasteiger charge is 2.10.